The first-order valence-electron chi connectivity index (χ1n) is 10.3. The number of hydrogen-bond acceptors (Lipinski definition) is 5. The van der Waals surface area contributed by atoms with Crippen molar-refractivity contribution >= 4 is 45.8 Å². The van der Waals surface area contributed by atoms with Crippen LogP contribution in [0.2, 0.25) is 0 Å². The van der Waals surface area contributed by atoms with Gasteiger partial charge in [-0.25, -0.2) is 18.7 Å². The molecule has 0 spiro atoms. The Hall–Kier alpha value is -2.47. The zero-order valence-electron chi connectivity index (χ0n) is 16.7. The number of hydrogen-bond donors (Lipinski definition) is 2. The van der Waals surface area contributed by atoms with Crippen LogP contribution in [0.15, 0.2) is 36.7 Å². The molecule has 2 aliphatic rings. The van der Waals surface area contributed by atoms with Gasteiger partial charge in [-0.2, -0.15) is 5.10 Å². The van der Waals surface area contributed by atoms with E-state index in [1.165, 1.54) is 6.07 Å². The number of rotatable bonds is 3. The van der Waals surface area contributed by atoms with Gasteiger partial charge in [0, 0.05) is 29.4 Å². The summed E-state index contributed by atoms with van der Waals surface area (Å²) in [5.41, 5.74) is 2.03. The predicted octanol–water partition coefficient (Wildman–Crippen LogP) is 3.41. The highest BCUT2D eigenvalue weighted by molar-refractivity contribution is 14.1. The number of nitrogens with one attached hydrogen (secondary N) is 1. The Bertz CT molecular complexity index is 1140. The lowest BCUT2D eigenvalue weighted by Gasteiger charge is -2.27. The first-order chi connectivity index (χ1) is 15.0. The first-order valence-corrected chi connectivity index (χ1v) is 11.4. The largest absolute Gasteiger partial charge is 0.391 e. The third kappa shape index (κ3) is 3.93. The van der Waals surface area contributed by atoms with Gasteiger partial charge in [-0.1, -0.05) is 0 Å². The number of halogens is 2. The lowest BCUT2D eigenvalue weighted by atomic mass is 10.0. The fourth-order valence-electron chi connectivity index (χ4n) is 4.36. The summed E-state index contributed by atoms with van der Waals surface area (Å²) in [7, 11) is 0. The van der Waals surface area contributed by atoms with E-state index >= 15 is 0 Å². The standard InChI is InChI=1S/C21H22FIN6O2/c22-13-3-4-16(23)15(10-13)18-2-1-7-28(18)19-6-9-29-20(26-19)17(11-24-29)25-21(31)27-8-5-14(30)12-27/h3-4,6,9-11,14,18,30H,1-2,5,7-8,12H2,(H,25,31)/t14-,18?/m0/s1. The normalized spacial score (nSPS) is 21.3. The molecule has 162 valence electrons. The summed E-state index contributed by atoms with van der Waals surface area (Å²) in [4.78, 5) is 21.1. The average Bonchev–Trinajstić information content (AvgIpc) is 3.49. The number of β-amino-alcohol motifs (C(OH)–C–C–N with tert-alkyl or cyclic N) is 1. The molecule has 0 radical (unpaired) electrons. The van der Waals surface area contributed by atoms with Crippen LogP contribution in [0.4, 0.5) is 20.7 Å². The summed E-state index contributed by atoms with van der Waals surface area (Å²) in [6.45, 7) is 1.67. The van der Waals surface area contributed by atoms with Gasteiger partial charge in [0.15, 0.2) is 5.65 Å². The van der Waals surface area contributed by atoms with E-state index in [-0.39, 0.29) is 17.9 Å². The number of benzene rings is 1. The van der Waals surface area contributed by atoms with Crippen LogP contribution in [-0.4, -0.2) is 56.4 Å². The van der Waals surface area contributed by atoms with Crippen molar-refractivity contribution in [1.82, 2.24) is 19.5 Å². The molecule has 0 bridgehead atoms. The van der Waals surface area contributed by atoms with Gasteiger partial charge < -0.3 is 20.2 Å². The minimum atomic E-state index is -0.475. The summed E-state index contributed by atoms with van der Waals surface area (Å²) in [6, 6.07) is 6.57. The van der Waals surface area contributed by atoms with Crippen LogP contribution >= 0.6 is 22.6 Å². The summed E-state index contributed by atoms with van der Waals surface area (Å²) in [5, 5.41) is 16.8. The highest BCUT2D eigenvalue weighted by Gasteiger charge is 2.30. The molecule has 1 unspecified atom stereocenters. The van der Waals surface area contributed by atoms with Gasteiger partial charge in [-0.3, -0.25) is 0 Å². The lowest BCUT2D eigenvalue weighted by Crippen LogP contribution is -2.33. The van der Waals surface area contributed by atoms with Crippen molar-refractivity contribution in [3.8, 4) is 0 Å². The Morgan fingerprint density at radius 3 is 2.94 bits per heavy atom. The molecule has 2 aromatic heterocycles. The van der Waals surface area contributed by atoms with E-state index in [2.05, 4.69) is 37.9 Å². The third-order valence-corrected chi connectivity index (χ3v) is 6.89. The van der Waals surface area contributed by atoms with E-state index in [1.807, 2.05) is 12.3 Å². The minimum absolute atomic E-state index is 0.0459. The van der Waals surface area contributed by atoms with Crippen molar-refractivity contribution in [3.63, 3.8) is 0 Å². The molecule has 0 aliphatic carbocycles. The van der Waals surface area contributed by atoms with Crippen LogP contribution < -0.4 is 10.2 Å². The van der Waals surface area contributed by atoms with Crippen LogP contribution in [0.5, 0.6) is 0 Å². The molecular weight excluding hydrogens is 514 g/mol. The number of likely N-dealkylation sites (tertiary alicyclic amines) is 1. The van der Waals surface area contributed by atoms with E-state index in [9.17, 15) is 14.3 Å². The summed E-state index contributed by atoms with van der Waals surface area (Å²) >= 11 is 2.25. The molecule has 2 N–H and O–H groups in total. The van der Waals surface area contributed by atoms with E-state index in [4.69, 9.17) is 4.98 Å². The average molecular weight is 536 g/mol. The number of nitrogens with zero attached hydrogens (tertiary/aromatic N) is 5. The maximum absolute atomic E-state index is 13.9. The summed E-state index contributed by atoms with van der Waals surface area (Å²) in [5.74, 6) is 0.529. The third-order valence-electron chi connectivity index (χ3n) is 5.91. The number of anilines is 2. The number of aliphatic hydroxyl groups excluding tert-OH is 1. The predicted molar refractivity (Wildman–Crippen MR) is 123 cm³/mol. The molecule has 3 aromatic rings. The number of amides is 2. The SMILES string of the molecule is O=C(Nc1cnn2ccc(N3CCCC3c3cc(F)ccc3I)nc12)N1CC[C@H](O)C1. The molecule has 2 fully saturated rings. The van der Waals surface area contributed by atoms with Crippen molar-refractivity contribution in [3.05, 3.63) is 51.6 Å². The highest BCUT2D eigenvalue weighted by Crippen LogP contribution is 2.37. The number of aliphatic hydroxyl groups is 1. The van der Waals surface area contributed by atoms with Gasteiger partial charge in [0.25, 0.3) is 0 Å². The van der Waals surface area contributed by atoms with Gasteiger partial charge in [0.2, 0.25) is 0 Å². The zero-order valence-corrected chi connectivity index (χ0v) is 18.9. The molecule has 0 saturated carbocycles. The Balaban J connectivity index is 1.43. The monoisotopic (exact) mass is 536 g/mol. The Morgan fingerprint density at radius 2 is 2.13 bits per heavy atom. The fraction of sp³-hybridized carbons (Fsp3) is 0.381. The van der Waals surface area contributed by atoms with Crippen LogP contribution in [0.25, 0.3) is 5.65 Å². The smallest absolute Gasteiger partial charge is 0.322 e. The van der Waals surface area contributed by atoms with Crippen LogP contribution in [-0.2, 0) is 0 Å². The Labute approximate surface area is 192 Å². The molecule has 2 amide bonds. The number of carbonyl (C=O) groups is 1. The molecule has 10 heteroatoms. The van der Waals surface area contributed by atoms with Crippen molar-refractivity contribution < 1.29 is 14.3 Å². The molecule has 2 saturated heterocycles. The second kappa shape index (κ2) is 8.23. The van der Waals surface area contributed by atoms with Crippen molar-refractivity contribution in [2.75, 3.05) is 29.9 Å². The van der Waals surface area contributed by atoms with Crippen molar-refractivity contribution in [2.45, 2.75) is 31.4 Å². The maximum atomic E-state index is 13.9. The number of fused-ring (bicyclic) bond motifs is 1. The number of aromatic nitrogens is 3. The molecule has 5 rings (SSSR count). The Morgan fingerprint density at radius 1 is 1.26 bits per heavy atom. The zero-order chi connectivity index (χ0) is 21.5. The topological polar surface area (TPSA) is 86.0 Å². The van der Waals surface area contributed by atoms with Crippen molar-refractivity contribution in [2.24, 2.45) is 0 Å². The summed E-state index contributed by atoms with van der Waals surface area (Å²) in [6.07, 6.45) is 5.42. The van der Waals surface area contributed by atoms with E-state index < -0.39 is 6.10 Å². The van der Waals surface area contributed by atoms with Gasteiger partial charge >= 0.3 is 6.03 Å². The molecule has 2 atom stereocenters. The van der Waals surface area contributed by atoms with Crippen LogP contribution in [0.3, 0.4) is 0 Å². The van der Waals surface area contributed by atoms with E-state index in [1.54, 1.807) is 27.7 Å². The van der Waals surface area contributed by atoms with Crippen LogP contribution in [0.1, 0.15) is 30.9 Å². The van der Waals surface area contributed by atoms with Gasteiger partial charge in [-0.05, 0) is 71.7 Å². The van der Waals surface area contributed by atoms with Crippen LogP contribution in [0, 0.1) is 9.39 Å². The van der Waals surface area contributed by atoms with Gasteiger partial charge in [0.1, 0.15) is 17.3 Å². The molecule has 4 heterocycles. The molecule has 1 aromatic carbocycles. The molecular formula is C21H22FIN6O2. The molecule has 2 aliphatic heterocycles. The second-order valence-electron chi connectivity index (χ2n) is 7.95. The fourth-order valence-corrected chi connectivity index (χ4v) is 5.06. The Kier molecular flexibility index (Phi) is 5.42. The second-order valence-corrected chi connectivity index (χ2v) is 9.11. The van der Waals surface area contributed by atoms with Gasteiger partial charge in [0.05, 0.1) is 18.3 Å². The van der Waals surface area contributed by atoms with E-state index in [0.717, 1.165) is 34.3 Å². The highest BCUT2D eigenvalue weighted by atomic mass is 127. The quantitative estimate of drug-likeness (QED) is 0.502. The van der Waals surface area contributed by atoms with Gasteiger partial charge in [-0.15, -0.1) is 0 Å². The number of carbonyl (C=O) groups excluding carboxylic acids is 1. The number of urea groups is 1. The van der Waals surface area contributed by atoms with E-state index in [0.29, 0.717) is 30.8 Å². The molecule has 31 heavy (non-hydrogen) atoms. The lowest BCUT2D eigenvalue weighted by molar-refractivity contribution is 0.176. The maximum Gasteiger partial charge on any atom is 0.322 e. The van der Waals surface area contributed by atoms with Crippen molar-refractivity contribution in [1.29, 1.82) is 0 Å². The summed E-state index contributed by atoms with van der Waals surface area (Å²) < 4.78 is 16.6. The molecule has 8 nitrogen and oxygen atoms in total. The minimum Gasteiger partial charge on any atom is -0.391 e. The first kappa shape index (κ1) is 20.4.